The van der Waals surface area contributed by atoms with Crippen LogP contribution in [0.5, 0.6) is 5.75 Å². The van der Waals surface area contributed by atoms with Gasteiger partial charge in [0.15, 0.2) is 17.4 Å². The fourth-order valence-electron chi connectivity index (χ4n) is 2.11. The van der Waals surface area contributed by atoms with Gasteiger partial charge >= 0.3 is 0 Å². The van der Waals surface area contributed by atoms with E-state index in [0.717, 1.165) is 44.7 Å². The minimum atomic E-state index is -0.923. The summed E-state index contributed by atoms with van der Waals surface area (Å²) in [7, 11) is 0. The molecular formula is C13H17F2NO2. The highest BCUT2D eigenvalue weighted by Crippen LogP contribution is 2.21. The van der Waals surface area contributed by atoms with Crippen molar-refractivity contribution in [1.82, 2.24) is 5.32 Å². The number of halogens is 2. The molecule has 1 unspecified atom stereocenters. The van der Waals surface area contributed by atoms with Crippen LogP contribution in [0.3, 0.4) is 0 Å². The predicted molar refractivity (Wildman–Crippen MR) is 63.3 cm³/mol. The Bertz CT molecular complexity index is 383. The summed E-state index contributed by atoms with van der Waals surface area (Å²) in [6.07, 6.45) is 2.18. The number of rotatable bonds is 4. The normalized spacial score (nSPS) is 20.0. The third-order valence-electron chi connectivity index (χ3n) is 3.09. The summed E-state index contributed by atoms with van der Waals surface area (Å²) in [5.41, 5.74) is 0.486. The minimum Gasteiger partial charge on any atom is -0.503 e. The zero-order valence-corrected chi connectivity index (χ0v) is 10.1. The molecule has 1 atom stereocenters. The summed E-state index contributed by atoms with van der Waals surface area (Å²) in [5.74, 6) is -2.30. The molecular weight excluding hydrogens is 240 g/mol. The highest BCUT2D eigenvalue weighted by molar-refractivity contribution is 5.29. The Morgan fingerprint density at radius 3 is 2.67 bits per heavy atom. The Hall–Kier alpha value is -1.20. The molecule has 18 heavy (non-hydrogen) atoms. The highest BCUT2D eigenvalue weighted by atomic mass is 19.1. The first-order valence-corrected chi connectivity index (χ1v) is 6.12. The second-order valence-corrected chi connectivity index (χ2v) is 4.62. The van der Waals surface area contributed by atoms with E-state index in [0.29, 0.717) is 18.0 Å². The van der Waals surface area contributed by atoms with Gasteiger partial charge in [-0.25, -0.2) is 8.78 Å². The summed E-state index contributed by atoms with van der Waals surface area (Å²) in [4.78, 5) is 0. The summed E-state index contributed by atoms with van der Waals surface area (Å²) in [6.45, 7) is 2.71. The van der Waals surface area contributed by atoms with E-state index in [1.807, 2.05) is 0 Å². The predicted octanol–water partition coefficient (Wildman–Crippen LogP) is 2.19. The van der Waals surface area contributed by atoms with Crippen LogP contribution in [-0.4, -0.2) is 24.9 Å². The molecule has 0 bridgehead atoms. The van der Waals surface area contributed by atoms with Gasteiger partial charge in [0.2, 0.25) is 0 Å². The average molecular weight is 257 g/mol. The molecule has 3 nitrogen and oxygen atoms in total. The fourth-order valence-corrected chi connectivity index (χ4v) is 2.11. The number of phenols is 1. The molecule has 0 aliphatic carbocycles. The van der Waals surface area contributed by atoms with Gasteiger partial charge in [-0.15, -0.1) is 0 Å². The topological polar surface area (TPSA) is 41.5 Å². The summed E-state index contributed by atoms with van der Waals surface area (Å²) in [6, 6.07) is 2.28. The average Bonchev–Trinajstić information content (AvgIpc) is 2.37. The summed E-state index contributed by atoms with van der Waals surface area (Å²) in [5, 5.41) is 12.1. The maximum atomic E-state index is 13.1. The zero-order chi connectivity index (χ0) is 13.0. The monoisotopic (exact) mass is 257 g/mol. The molecule has 1 heterocycles. The van der Waals surface area contributed by atoms with Gasteiger partial charge < -0.3 is 15.2 Å². The van der Waals surface area contributed by atoms with Crippen molar-refractivity contribution in [1.29, 1.82) is 0 Å². The van der Waals surface area contributed by atoms with E-state index in [1.165, 1.54) is 0 Å². The molecule has 0 radical (unpaired) electrons. The Balaban J connectivity index is 1.82. The van der Waals surface area contributed by atoms with Gasteiger partial charge in [0.1, 0.15) is 0 Å². The van der Waals surface area contributed by atoms with Crippen LogP contribution < -0.4 is 5.32 Å². The van der Waals surface area contributed by atoms with Gasteiger partial charge in [0.25, 0.3) is 0 Å². The highest BCUT2D eigenvalue weighted by Gasteiger charge is 2.14. The Labute approximate surface area is 105 Å². The first-order chi connectivity index (χ1) is 8.66. The molecule has 1 aromatic carbocycles. The zero-order valence-electron chi connectivity index (χ0n) is 10.1. The molecule has 0 amide bonds. The lowest BCUT2D eigenvalue weighted by Crippen LogP contribution is -2.28. The maximum absolute atomic E-state index is 13.1. The van der Waals surface area contributed by atoms with Crippen LogP contribution in [0.25, 0.3) is 0 Å². The number of hydrogen-bond acceptors (Lipinski definition) is 3. The third-order valence-corrected chi connectivity index (χ3v) is 3.09. The Morgan fingerprint density at radius 2 is 2.06 bits per heavy atom. The summed E-state index contributed by atoms with van der Waals surface area (Å²) >= 11 is 0. The quantitative estimate of drug-likeness (QED) is 0.868. The van der Waals surface area contributed by atoms with Crippen molar-refractivity contribution in [2.24, 2.45) is 5.92 Å². The molecule has 0 saturated carbocycles. The number of nitrogens with one attached hydrogen (secondary N) is 1. The molecule has 0 aromatic heterocycles. The first-order valence-electron chi connectivity index (χ1n) is 6.12. The van der Waals surface area contributed by atoms with Crippen LogP contribution in [0.1, 0.15) is 18.4 Å². The van der Waals surface area contributed by atoms with Gasteiger partial charge in [0, 0.05) is 19.7 Å². The van der Waals surface area contributed by atoms with Crippen molar-refractivity contribution in [3.63, 3.8) is 0 Å². The SMILES string of the molecule is Oc1c(F)cc(CNCC2CCCOC2)cc1F. The van der Waals surface area contributed by atoms with Crippen LogP contribution in [0.2, 0.25) is 0 Å². The molecule has 1 fully saturated rings. The fraction of sp³-hybridized carbons (Fsp3) is 0.538. The number of aromatic hydroxyl groups is 1. The van der Waals surface area contributed by atoms with Crippen molar-refractivity contribution < 1.29 is 18.6 Å². The van der Waals surface area contributed by atoms with E-state index < -0.39 is 17.4 Å². The minimum absolute atomic E-state index is 0.380. The second kappa shape index (κ2) is 6.11. The smallest absolute Gasteiger partial charge is 0.187 e. The molecule has 0 spiro atoms. The van der Waals surface area contributed by atoms with E-state index in [1.54, 1.807) is 0 Å². The van der Waals surface area contributed by atoms with Crippen molar-refractivity contribution in [3.8, 4) is 5.75 Å². The third kappa shape index (κ3) is 3.40. The van der Waals surface area contributed by atoms with Gasteiger partial charge in [0.05, 0.1) is 6.61 Å². The van der Waals surface area contributed by atoms with Crippen LogP contribution in [0.15, 0.2) is 12.1 Å². The number of ether oxygens (including phenoxy) is 1. The molecule has 1 aliphatic heterocycles. The number of phenolic OH excluding ortho intramolecular Hbond substituents is 1. The van der Waals surface area contributed by atoms with E-state index in [2.05, 4.69) is 5.32 Å². The van der Waals surface area contributed by atoms with E-state index in [4.69, 9.17) is 9.84 Å². The van der Waals surface area contributed by atoms with Crippen LogP contribution in [0, 0.1) is 17.6 Å². The lowest BCUT2D eigenvalue weighted by atomic mass is 10.0. The molecule has 100 valence electrons. The van der Waals surface area contributed by atoms with Gasteiger partial charge in [-0.1, -0.05) is 0 Å². The number of benzene rings is 1. The molecule has 1 aliphatic rings. The van der Waals surface area contributed by atoms with Crippen LogP contribution >= 0.6 is 0 Å². The van der Waals surface area contributed by atoms with Crippen molar-refractivity contribution in [2.45, 2.75) is 19.4 Å². The lowest BCUT2D eigenvalue weighted by molar-refractivity contribution is 0.0547. The van der Waals surface area contributed by atoms with E-state index >= 15 is 0 Å². The largest absolute Gasteiger partial charge is 0.503 e. The van der Waals surface area contributed by atoms with Gasteiger partial charge in [-0.3, -0.25) is 0 Å². The maximum Gasteiger partial charge on any atom is 0.187 e. The van der Waals surface area contributed by atoms with E-state index in [-0.39, 0.29) is 0 Å². The van der Waals surface area contributed by atoms with E-state index in [9.17, 15) is 8.78 Å². The lowest BCUT2D eigenvalue weighted by Gasteiger charge is -2.22. The van der Waals surface area contributed by atoms with Crippen LogP contribution in [-0.2, 0) is 11.3 Å². The molecule has 1 aromatic rings. The molecule has 1 saturated heterocycles. The first kappa shape index (κ1) is 13.2. The van der Waals surface area contributed by atoms with Crippen molar-refractivity contribution in [3.05, 3.63) is 29.3 Å². The number of hydrogen-bond donors (Lipinski definition) is 2. The molecule has 2 rings (SSSR count). The standard InChI is InChI=1S/C13H17F2NO2/c14-11-4-10(5-12(15)13(11)17)7-16-6-9-2-1-3-18-8-9/h4-5,9,16-17H,1-3,6-8H2. The van der Waals surface area contributed by atoms with Crippen LogP contribution in [0.4, 0.5) is 8.78 Å². The summed E-state index contributed by atoms with van der Waals surface area (Å²) < 4.78 is 31.5. The van der Waals surface area contributed by atoms with Crippen molar-refractivity contribution in [2.75, 3.05) is 19.8 Å². The molecule has 5 heteroatoms. The van der Waals surface area contributed by atoms with Gasteiger partial charge in [-0.2, -0.15) is 0 Å². The second-order valence-electron chi connectivity index (χ2n) is 4.62. The van der Waals surface area contributed by atoms with Crippen molar-refractivity contribution >= 4 is 0 Å². The Morgan fingerprint density at radius 1 is 1.33 bits per heavy atom. The molecule has 2 N–H and O–H groups in total. The van der Waals surface area contributed by atoms with Gasteiger partial charge in [-0.05, 0) is 36.5 Å². The Kier molecular flexibility index (Phi) is 4.49.